The number of aromatic amines is 1. The minimum Gasteiger partial charge on any atom is -0.376 e. The quantitative estimate of drug-likeness (QED) is 0.834. The second-order valence-corrected chi connectivity index (χ2v) is 5.71. The minimum atomic E-state index is 0.0698. The van der Waals surface area contributed by atoms with Crippen LogP contribution in [0.15, 0.2) is 48.7 Å². The van der Waals surface area contributed by atoms with Crippen molar-refractivity contribution in [3.63, 3.8) is 0 Å². The van der Waals surface area contributed by atoms with Crippen LogP contribution in [0.1, 0.15) is 28.9 Å². The fourth-order valence-electron chi connectivity index (χ4n) is 2.85. The topological polar surface area (TPSA) is 45.3 Å². The molecule has 1 fully saturated rings. The highest BCUT2D eigenvalue weighted by Gasteiger charge is 2.27. The molecule has 1 amide bonds. The molecule has 1 atom stereocenters. The minimum absolute atomic E-state index is 0.0698. The maximum Gasteiger partial charge on any atom is 0.270 e. The molecule has 0 spiro atoms. The number of aryl methyl sites for hydroxylation is 1. The smallest absolute Gasteiger partial charge is 0.270 e. The van der Waals surface area contributed by atoms with Gasteiger partial charge in [-0.1, -0.05) is 30.3 Å². The lowest BCUT2D eigenvalue weighted by Gasteiger charge is -2.16. The number of aromatic nitrogens is 1. The van der Waals surface area contributed by atoms with Crippen LogP contribution >= 0.6 is 0 Å². The Bertz CT molecular complexity index is 580. The molecule has 3 rings (SSSR count). The molecule has 0 aliphatic carbocycles. The molecule has 0 radical (unpaired) electrons. The fourth-order valence-corrected chi connectivity index (χ4v) is 2.85. The summed E-state index contributed by atoms with van der Waals surface area (Å²) in [5.74, 6) is 0.0698. The zero-order chi connectivity index (χ0) is 15.2. The number of hydrogen-bond acceptors (Lipinski definition) is 2. The van der Waals surface area contributed by atoms with Gasteiger partial charge in [-0.3, -0.25) is 4.79 Å². The van der Waals surface area contributed by atoms with E-state index in [1.165, 1.54) is 5.56 Å². The number of rotatable bonds is 6. The molecule has 4 heteroatoms. The van der Waals surface area contributed by atoms with Gasteiger partial charge in [0.05, 0.1) is 6.10 Å². The van der Waals surface area contributed by atoms with Crippen molar-refractivity contribution in [2.45, 2.75) is 25.4 Å². The Balaban J connectivity index is 1.37. The second kappa shape index (κ2) is 7.27. The van der Waals surface area contributed by atoms with Crippen LogP contribution in [0.3, 0.4) is 0 Å². The number of hydrogen-bond donors (Lipinski definition) is 1. The van der Waals surface area contributed by atoms with Crippen molar-refractivity contribution < 1.29 is 9.53 Å². The lowest BCUT2D eigenvalue weighted by molar-refractivity contribution is 0.0523. The first kappa shape index (κ1) is 14.9. The molecule has 2 heterocycles. The van der Waals surface area contributed by atoms with Gasteiger partial charge in [-0.2, -0.15) is 0 Å². The normalized spacial score (nSPS) is 17.8. The zero-order valence-electron chi connectivity index (χ0n) is 12.7. The van der Waals surface area contributed by atoms with Crippen LogP contribution < -0.4 is 0 Å². The predicted octanol–water partition coefficient (Wildman–Crippen LogP) is 2.88. The standard InChI is InChI=1S/C18H22N2O2/c21-18(17-9-4-11-19-17)20-12-10-16(14-20)22-13-5-8-15-6-2-1-3-7-15/h1-4,6-7,9,11,16,19H,5,8,10,12-14H2. The zero-order valence-corrected chi connectivity index (χ0v) is 12.7. The number of nitrogens with one attached hydrogen (secondary N) is 1. The summed E-state index contributed by atoms with van der Waals surface area (Å²) in [6.45, 7) is 2.23. The molecule has 1 N–H and O–H groups in total. The number of likely N-dealkylation sites (tertiary alicyclic amines) is 1. The van der Waals surface area contributed by atoms with Gasteiger partial charge in [0.25, 0.3) is 5.91 Å². The number of carbonyl (C=O) groups excluding carboxylic acids is 1. The molecule has 22 heavy (non-hydrogen) atoms. The van der Waals surface area contributed by atoms with E-state index in [2.05, 4.69) is 29.2 Å². The fraction of sp³-hybridized carbons (Fsp3) is 0.389. The number of carbonyl (C=O) groups is 1. The SMILES string of the molecule is O=C(c1ccc[nH]1)N1CCC(OCCCc2ccccc2)C1. The lowest BCUT2D eigenvalue weighted by atomic mass is 10.1. The van der Waals surface area contributed by atoms with Gasteiger partial charge >= 0.3 is 0 Å². The third kappa shape index (κ3) is 3.77. The molecule has 1 aliphatic rings. The summed E-state index contributed by atoms with van der Waals surface area (Å²) < 4.78 is 5.92. The number of nitrogens with zero attached hydrogens (tertiary/aromatic N) is 1. The van der Waals surface area contributed by atoms with Gasteiger partial charge in [-0.05, 0) is 37.0 Å². The average molecular weight is 298 g/mol. The maximum atomic E-state index is 12.2. The first-order valence-electron chi connectivity index (χ1n) is 7.91. The predicted molar refractivity (Wildman–Crippen MR) is 85.8 cm³/mol. The summed E-state index contributed by atoms with van der Waals surface area (Å²) in [7, 11) is 0. The molecule has 1 saturated heterocycles. The van der Waals surface area contributed by atoms with Crippen molar-refractivity contribution in [2.75, 3.05) is 19.7 Å². The highest BCUT2D eigenvalue weighted by Crippen LogP contribution is 2.16. The van der Waals surface area contributed by atoms with E-state index in [1.807, 2.05) is 23.1 Å². The summed E-state index contributed by atoms with van der Waals surface area (Å²) in [4.78, 5) is 17.0. The summed E-state index contributed by atoms with van der Waals surface area (Å²) in [5.41, 5.74) is 2.01. The monoisotopic (exact) mass is 298 g/mol. The van der Waals surface area contributed by atoms with Gasteiger partial charge in [0.15, 0.2) is 0 Å². The summed E-state index contributed by atoms with van der Waals surface area (Å²) in [5, 5.41) is 0. The van der Waals surface area contributed by atoms with Crippen molar-refractivity contribution in [1.82, 2.24) is 9.88 Å². The number of benzene rings is 1. The summed E-state index contributed by atoms with van der Waals surface area (Å²) in [6, 6.07) is 14.1. The highest BCUT2D eigenvalue weighted by molar-refractivity contribution is 5.92. The maximum absolute atomic E-state index is 12.2. The van der Waals surface area contributed by atoms with E-state index in [9.17, 15) is 4.79 Å². The van der Waals surface area contributed by atoms with Gasteiger partial charge < -0.3 is 14.6 Å². The van der Waals surface area contributed by atoms with Crippen LogP contribution in [-0.2, 0) is 11.2 Å². The van der Waals surface area contributed by atoms with Crippen molar-refractivity contribution in [3.8, 4) is 0 Å². The van der Waals surface area contributed by atoms with E-state index in [4.69, 9.17) is 4.74 Å². The van der Waals surface area contributed by atoms with Crippen LogP contribution in [0.25, 0.3) is 0 Å². The molecule has 0 saturated carbocycles. The Morgan fingerprint density at radius 3 is 2.86 bits per heavy atom. The molecule has 1 unspecified atom stereocenters. The third-order valence-electron chi connectivity index (χ3n) is 4.07. The van der Waals surface area contributed by atoms with Gasteiger partial charge in [0.1, 0.15) is 5.69 Å². The Morgan fingerprint density at radius 1 is 1.23 bits per heavy atom. The average Bonchev–Trinajstić information content (AvgIpc) is 3.24. The van der Waals surface area contributed by atoms with E-state index in [-0.39, 0.29) is 12.0 Å². The van der Waals surface area contributed by atoms with Crippen molar-refractivity contribution >= 4 is 5.91 Å². The van der Waals surface area contributed by atoms with E-state index in [0.29, 0.717) is 12.2 Å². The summed E-state index contributed by atoms with van der Waals surface area (Å²) >= 11 is 0. The molecule has 4 nitrogen and oxygen atoms in total. The Kier molecular flexibility index (Phi) is 4.91. The van der Waals surface area contributed by atoms with E-state index in [1.54, 1.807) is 6.20 Å². The van der Waals surface area contributed by atoms with Crippen molar-refractivity contribution in [3.05, 3.63) is 59.9 Å². The number of amides is 1. The molecule has 2 aromatic rings. The second-order valence-electron chi connectivity index (χ2n) is 5.71. The largest absolute Gasteiger partial charge is 0.376 e. The third-order valence-corrected chi connectivity index (χ3v) is 4.07. The van der Waals surface area contributed by atoms with Gasteiger partial charge in [0, 0.05) is 25.9 Å². The van der Waals surface area contributed by atoms with Crippen LogP contribution in [0.4, 0.5) is 0 Å². The van der Waals surface area contributed by atoms with E-state index < -0.39 is 0 Å². The Labute approximate surface area is 131 Å². The van der Waals surface area contributed by atoms with Crippen molar-refractivity contribution in [2.24, 2.45) is 0 Å². The first-order valence-corrected chi connectivity index (χ1v) is 7.91. The van der Waals surface area contributed by atoms with E-state index in [0.717, 1.165) is 32.4 Å². The molecule has 1 aromatic carbocycles. The molecular formula is C18H22N2O2. The molecular weight excluding hydrogens is 276 g/mol. The number of H-pyrrole nitrogens is 1. The van der Waals surface area contributed by atoms with Crippen LogP contribution in [0, 0.1) is 0 Å². The van der Waals surface area contributed by atoms with Gasteiger partial charge in [-0.15, -0.1) is 0 Å². The van der Waals surface area contributed by atoms with E-state index >= 15 is 0 Å². The molecule has 116 valence electrons. The molecule has 0 bridgehead atoms. The van der Waals surface area contributed by atoms with Crippen LogP contribution in [0.5, 0.6) is 0 Å². The Morgan fingerprint density at radius 2 is 2.09 bits per heavy atom. The van der Waals surface area contributed by atoms with Crippen LogP contribution in [-0.4, -0.2) is 41.6 Å². The highest BCUT2D eigenvalue weighted by atomic mass is 16.5. The molecule has 1 aliphatic heterocycles. The summed E-state index contributed by atoms with van der Waals surface area (Å²) in [6.07, 6.45) is 4.94. The van der Waals surface area contributed by atoms with Crippen molar-refractivity contribution in [1.29, 1.82) is 0 Å². The lowest BCUT2D eigenvalue weighted by Crippen LogP contribution is -2.30. The first-order chi connectivity index (χ1) is 10.8. The Hall–Kier alpha value is -2.07. The van der Waals surface area contributed by atoms with Crippen LogP contribution in [0.2, 0.25) is 0 Å². The number of ether oxygens (including phenoxy) is 1. The molecule has 1 aromatic heterocycles. The van der Waals surface area contributed by atoms with Gasteiger partial charge in [-0.25, -0.2) is 0 Å². The van der Waals surface area contributed by atoms with Gasteiger partial charge in [0.2, 0.25) is 0 Å².